The number of hydrogen-bond acceptors (Lipinski definition) is 5. The van der Waals surface area contributed by atoms with Crippen LogP contribution in [0, 0.1) is 0 Å². The van der Waals surface area contributed by atoms with Gasteiger partial charge in [-0.1, -0.05) is 24.3 Å². The van der Waals surface area contributed by atoms with Crippen LogP contribution in [0.5, 0.6) is 0 Å². The summed E-state index contributed by atoms with van der Waals surface area (Å²) >= 11 is 0. The topological polar surface area (TPSA) is 88.6 Å². The normalized spacial score (nSPS) is 22.0. The second kappa shape index (κ2) is 7.90. The highest BCUT2D eigenvalue weighted by Crippen LogP contribution is 2.27. The van der Waals surface area contributed by atoms with Crippen LogP contribution in [0.25, 0.3) is 0 Å². The van der Waals surface area contributed by atoms with Crippen molar-refractivity contribution in [2.24, 2.45) is 0 Å². The Kier molecular flexibility index (Phi) is 5.16. The summed E-state index contributed by atoms with van der Waals surface area (Å²) in [6.45, 7) is 0.493. The number of ketones is 1. The Morgan fingerprint density at radius 2 is 2.04 bits per heavy atom. The number of rotatable bonds is 5. The van der Waals surface area contributed by atoms with Crippen LogP contribution in [0.2, 0.25) is 0 Å². The Balaban J connectivity index is 1.56. The molecule has 3 atom stereocenters. The van der Waals surface area contributed by atoms with Crippen LogP contribution < -0.4 is 5.32 Å². The van der Waals surface area contributed by atoms with E-state index in [2.05, 4.69) is 10.3 Å². The number of pyridine rings is 1. The maximum Gasteiger partial charge on any atom is 0.251 e. The summed E-state index contributed by atoms with van der Waals surface area (Å²) in [5.41, 5.74) is 1.31. The van der Waals surface area contributed by atoms with Crippen molar-refractivity contribution < 1.29 is 19.1 Å². The van der Waals surface area contributed by atoms with E-state index in [4.69, 9.17) is 4.74 Å². The van der Waals surface area contributed by atoms with E-state index >= 15 is 0 Å². The van der Waals surface area contributed by atoms with Gasteiger partial charge in [0.25, 0.3) is 5.91 Å². The van der Waals surface area contributed by atoms with Crippen molar-refractivity contribution in [2.45, 2.75) is 31.0 Å². The minimum atomic E-state index is -0.788. The largest absolute Gasteiger partial charge is 0.368 e. The average molecular weight is 379 g/mol. The minimum absolute atomic E-state index is 0.0444. The predicted octanol–water partition coefficient (Wildman–Crippen LogP) is 0.992. The fourth-order valence-corrected chi connectivity index (χ4v) is 3.83. The molecule has 2 saturated heterocycles. The molecule has 0 aliphatic carbocycles. The number of fused-ring (bicyclic) bond motifs is 1. The Bertz CT molecular complexity index is 872. The van der Waals surface area contributed by atoms with Crippen molar-refractivity contribution in [3.8, 4) is 0 Å². The van der Waals surface area contributed by atoms with Crippen molar-refractivity contribution >= 4 is 17.6 Å². The standard InChI is InChI=1S/C21H21N3O4/c25-17-13-28-18-8-10-24(19(17)18)21(27)16(11-14-5-4-9-22-12-14)23-20(26)15-6-2-1-3-7-15/h1-7,9,12,16,18-19H,8,10-11,13H2,(H,23,26). The van der Waals surface area contributed by atoms with Gasteiger partial charge in [0.05, 0.1) is 6.10 Å². The summed E-state index contributed by atoms with van der Waals surface area (Å²) in [6, 6.07) is 11.1. The third-order valence-corrected chi connectivity index (χ3v) is 5.20. The third-order valence-electron chi connectivity index (χ3n) is 5.20. The van der Waals surface area contributed by atoms with Crippen molar-refractivity contribution in [1.82, 2.24) is 15.2 Å². The number of carbonyl (C=O) groups is 3. The molecule has 0 spiro atoms. The molecule has 0 bridgehead atoms. The highest BCUT2D eigenvalue weighted by Gasteiger charge is 2.48. The summed E-state index contributed by atoms with van der Waals surface area (Å²) in [5.74, 6) is -0.669. The highest BCUT2D eigenvalue weighted by atomic mass is 16.5. The van der Waals surface area contributed by atoms with Gasteiger partial charge in [-0.2, -0.15) is 0 Å². The molecular weight excluding hydrogens is 358 g/mol. The van der Waals surface area contributed by atoms with Crippen molar-refractivity contribution in [3.63, 3.8) is 0 Å². The van der Waals surface area contributed by atoms with E-state index in [9.17, 15) is 14.4 Å². The zero-order valence-corrected chi connectivity index (χ0v) is 15.3. The summed E-state index contributed by atoms with van der Waals surface area (Å²) in [6.07, 6.45) is 4.02. The average Bonchev–Trinajstić information content (AvgIpc) is 3.31. The van der Waals surface area contributed by atoms with Gasteiger partial charge < -0.3 is 15.0 Å². The first kappa shape index (κ1) is 18.3. The van der Waals surface area contributed by atoms with E-state index in [-0.39, 0.29) is 30.3 Å². The quantitative estimate of drug-likeness (QED) is 0.837. The van der Waals surface area contributed by atoms with Crippen LogP contribution in [0.3, 0.4) is 0 Å². The van der Waals surface area contributed by atoms with Gasteiger partial charge in [0.2, 0.25) is 5.91 Å². The van der Waals surface area contributed by atoms with E-state index in [0.717, 1.165) is 5.56 Å². The van der Waals surface area contributed by atoms with Crippen LogP contribution in [0.4, 0.5) is 0 Å². The lowest BCUT2D eigenvalue weighted by Crippen LogP contribution is -2.53. The van der Waals surface area contributed by atoms with Crippen molar-refractivity contribution in [3.05, 3.63) is 66.0 Å². The maximum atomic E-state index is 13.3. The molecule has 3 heterocycles. The monoisotopic (exact) mass is 379 g/mol. The first-order valence-electron chi connectivity index (χ1n) is 9.33. The lowest BCUT2D eigenvalue weighted by atomic mass is 10.0. The van der Waals surface area contributed by atoms with Crippen LogP contribution in [-0.4, -0.2) is 58.8 Å². The Morgan fingerprint density at radius 1 is 1.21 bits per heavy atom. The van der Waals surface area contributed by atoms with E-state index in [1.165, 1.54) is 0 Å². The van der Waals surface area contributed by atoms with Crippen LogP contribution in [0.1, 0.15) is 22.3 Å². The highest BCUT2D eigenvalue weighted by molar-refractivity contribution is 5.99. The fourth-order valence-electron chi connectivity index (χ4n) is 3.83. The predicted molar refractivity (Wildman–Crippen MR) is 101 cm³/mol. The van der Waals surface area contributed by atoms with Gasteiger partial charge in [-0.25, -0.2) is 0 Å². The molecule has 0 radical (unpaired) electrons. The molecule has 2 aromatic rings. The number of carbonyl (C=O) groups excluding carboxylic acids is 3. The molecule has 0 saturated carbocycles. The molecule has 144 valence electrons. The molecule has 2 aliphatic heterocycles. The molecule has 2 fully saturated rings. The summed E-state index contributed by atoms with van der Waals surface area (Å²) in [4.78, 5) is 43.8. The van der Waals surface area contributed by atoms with Gasteiger partial charge in [0, 0.05) is 30.9 Å². The molecule has 7 nitrogen and oxygen atoms in total. The fraction of sp³-hybridized carbons (Fsp3) is 0.333. The van der Waals surface area contributed by atoms with Crippen LogP contribution in [-0.2, 0) is 20.7 Å². The van der Waals surface area contributed by atoms with Gasteiger partial charge in [0.15, 0.2) is 5.78 Å². The smallest absolute Gasteiger partial charge is 0.251 e. The Morgan fingerprint density at radius 3 is 2.79 bits per heavy atom. The number of ether oxygens (including phenoxy) is 1. The summed E-state index contributed by atoms with van der Waals surface area (Å²) in [7, 11) is 0. The summed E-state index contributed by atoms with van der Waals surface area (Å²) < 4.78 is 5.48. The molecule has 3 unspecified atom stereocenters. The SMILES string of the molecule is O=C(NC(Cc1cccnc1)C(=O)N1CCC2OCC(=O)C21)c1ccccc1. The second-order valence-corrected chi connectivity index (χ2v) is 7.04. The molecule has 28 heavy (non-hydrogen) atoms. The van der Waals surface area contributed by atoms with Crippen molar-refractivity contribution in [1.29, 1.82) is 0 Å². The molecule has 2 aliphatic rings. The first-order valence-corrected chi connectivity index (χ1v) is 9.33. The van der Waals surface area contributed by atoms with E-state index in [1.807, 2.05) is 12.1 Å². The number of benzene rings is 1. The number of Topliss-reactive ketones (excluding diaryl/α,β-unsaturated/α-hetero) is 1. The maximum absolute atomic E-state index is 13.3. The van der Waals surface area contributed by atoms with Gasteiger partial charge in [0.1, 0.15) is 18.7 Å². The molecule has 1 aromatic heterocycles. The molecular formula is C21H21N3O4. The molecule has 1 N–H and O–H groups in total. The van der Waals surface area contributed by atoms with Gasteiger partial charge in [-0.3, -0.25) is 19.4 Å². The van der Waals surface area contributed by atoms with Gasteiger partial charge in [-0.15, -0.1) is 0 Å². The second-order valence-electron chi connectivity index (χ2n) is 7.04. The molecule has 7 heteroatoms. The van der Waals surface area contributed by atoms with Crippen LogP contribution >= 0.6 is 0 Å². The lowest BCUT2D eigenvalue weighted by molar-refractivity contribution is -0.138. The zero-order valence-electron chi connectivity index (χ0n) is 15.3. The number of amides is 2. The number of hydrogen-bond donors (Lipinski definition) is 1. The Labute approximate surface area is 162 Å². The van der Waals surface area contributed by atoms with E-state index < -0.39 is 12.1 Å². The molecule has 4 rings (SSSR count). The lowest BCUT2D eigenvalue weighted by Gasteiger charge is -2.27. The first-order chi connectivity index (χ1) is 13.6. The third kappa shape index (κ3) is 3.66. The number of nitrogens with zero attached hydrogens (tertiary/aromatic N) is 2. The van der Waals surface area contributed by atoms with E-state index in [0.29, 0.717) is 24.9 Å². The Hall–Kier alpha value is -3.06. The van der Waals surface area contributed by atoms with E-state index in [1.54, 1.807) is 47.6 Å². The van der Waals surface area contributed by atoms with Crippen molar-refractivity contribution in [2.75, 3.05) is 13.2 Å². The number of aromatic nitrogens is 1. The molecule has 2 amide bonds. The van der Waals surface area contributed by atoms with Gasteiger partial charge >= 0.3 is 0 Å². The zero-order chi connectivity index (χ0) is 19.5. The molecule has 1 aromatic carbocycles. The number of nitrogens with one attached hydrogen (secondary N) is 1. The number of likely N-dealkylation sites (tertiary alicyclic amines) is 1. The summed E-state index contributed by atoms with van der Waals surface area (Å²) in [5, 5.41) is 2.84. The van der Waals surface area contributed by atoms with Crippen LogP contribution in [0.15, 0.2) is 54.9 Å². The minimum Gasteiger partial charge on any atom is -0.368 e. The van der Waals surface area contributed by atoms with Gasteiger partial charge in [-0.05, 0) is 30.2 Å².